The number of aromatic nitrogens is 3. The van der Waals surface area contributed by atoms with E-state index in [-0.39, 0.29) is 5.82 Å². The van der Waals surface area contributed by atoms with E-state index in [0.717, 1.165) is 81.6 Å². The zero-order valence-electron chi connectivity index (χ0n) is 16.4. The van der Waals surface area contributed by atoms with Crippen molar-refractivity contribution in [3.05, 3.63) is 48.2 Å². The van der Waals surface area contributed by atoms with Crippen LogP contribution in [-0.2, 0) is 11.3 Å². The van der Waals surface area contributed by atoms with Gasteiger partial charge in [0, 0.05) is 57.7 Å². The van der Waals surface area contributed by atoms with Crippen LogP contribution in [0.3, 0.4) is 0 Å². The summed E-state index contributed by atoms with van der Waals surface area (Å²) in [6.07, 6.45) is 3.70. The van der Waals surface area contributed by atoms with Gasteiger partial charge in [0.25, 0.3) is 0 Å². The summed E-state index contributed by atoms with van der Waals surface area (Å²) in [7, 11) is 0. The quantitative estimate of drug-likeness (QED) is 0.730. The fourth-order valence-corrected chi connectivity index (χ4v) is 4.21. The largest absolute Gasteiger partial charge is 0.378 e. The molecule has 0 amide bonds. The maximum Gasteiger partial charge on any atom is 0.143 e. The summed E-state index contributed by atoms with van der Waals surface area (Å²) in [5.74, 6) is 0.810. The van der Waals surface area contributed by atoms with Crippen LogP contribution in [0.15, 0.2) is 36.8 Å². The van der Waals surface area contributed by atoms with E-state index >= 15 is 0 Å². The van der Waals surface area contributed by atoms with E-state index in [2.05, 4.69) is 35.8 Å². The van der Waals surface area contributed by atoms with Crippen LogP contribution < -0.4 is 9.80 Å². The monoisotopic (exact) mass is 396 g/mol. The van der Waals surface area contributed by atoms with Gasteiger partial charge in [0.15, 0.2) is 0 Å². The van der Waals surface area contributed by atoms with Gasteiger partial charge in [-0.3, -0.25) is 4.90 Å². The predicted octanol–water partition coefficient (Wildman–Crippen LogP) is 2.26. The lowest BCUT2D eigenvalue weighted by atomic mass is 10.1. The fraction of sp³-hybridized carbons (Fsp3) is 0.429. The van der Waals surface area contributed by atoms with Gasteiger partial charge in [-0.05, 0) is 29.8 Å². The molecule has 0 radical (unpaired) electrons. The molecular formula is C21H25FN6O. The van der Waals surface area contributed by atoms with Gasteiger partial charge in [-0.2, -0.15) is 0 Å². The molecule has 0 saturated carbocycles. The first-order valence-electron chi connectivity index (χ1n) is 10.1. The van der Waals surface area contributed by atoms with Crippen molar-refractivity contribution >= 4 is 22.5 Å². The Bertz CT molecular complexity index is 961. The molecule has 0 atom stereocenters. The normalized spacial score (nSPS) is 18.5. The van der Waals surface area contributed by atoms with Gasteiger partial charge in [-0.15, -0.1) is 0 Å². The summed E-state index contributed by atoms with van der Waals surface area (Å²) >= 11 is 0. The van der Waals surface area contributed by atoms with Crippen LogP contribution in [0.5, 0.6) is 0 Å². The Labute approximate surface area is 169 Å². The van der Waals surface area contributed by atoms with Gasteiger partial charge in [-0.1, -0.05) is 0 Å². The maximum atomic E-state index is 13.2. The van der Waals surface area contributed by atoms with Crippen LogP contribution in [0.1, 0.15) is 5.56 Å². The summed E-state index contributed by atoms with van der Waals surface area (Å²) in [4.78, 5) is 19.4. The zero-order valence-corrected chi connectivity index (χ0v) is 16.4. The van der Waals surface area contributed by atoms with E-state index in [1.54, 1.807) is 6.33 Å². The molecule has 29 heavy (non-hydrogen) atoms. The second kappa shape index (κ2) is 7.96. The minimum atomic E-state index is -0.190. The van der Waals surface area contributed by atoms with Gasteiger partial charge in [-0.25, -0.2) is 14.4 Å². The number of H-pyrrole nitrogens is 1. The molecule has 0 unspecified atom stereocenters. The number of halogens is 1. The lowest BCUT2D eigenvalue weighted by Gasteiger charge is -2.36. The van der Waals surface area contributed by atoms with Gasteiger partial charge >= 0.3 is 0 Å². The maximum absolute atomic E-state index is 13.2. The van der Waals surface area contributed by atoms with Crippen molar-refractivity contribution in [1.29, 1.82) is 0 Å². The van der Waals surface area contributed by atoms with Crippen LogP contribution in [0.25, 0.3) is 11.0 Å². The van der Waals surface area contributed by atoms with Gasteiger partial charge in [0.1, 0.15) is 23.6 Å². The number of morpholine rings is 1. The van der Waals surface area contributed by atoms with Crippen LogP contribution in [0.4, 0.5) is 15.9 Å². The number of anilines is 2. The lowest BCUT2D eigenvalue weighted by Crippen LogP contribution is -2.46. The molecule has 7 nitrogen and oxygen atoms in total. The first kappa shape index (κ1) is 18.3. The highest BCUT2D eigenvalue weighted by molar-refractivity contribution is 5.90. The summed E-state index contributed by atoms with van der Waals surface area (Å²) < 4.78 is 18.7. The van der Waals surface area contributed by atoms with Crippen molar-refractivity contribution in [3.8, 4) is 0 Å². The highest BCUT2D eigenvalue weighted by atomic mass is 19.1. The molecule has 0 aliphatic carbocycles. The molecule has 2 fully saturated rings. The number of piperazine rings is 1. The summed E-state index contributed by atoms with van der Waals surface area (Å²) in [5.41, 5.74) is 3.21. The minimum absolute atomic E-state index is 0.190. The first-order chi connectivity index (χ1) is 14.3. The molecule has 2 aliphatic rings. The van der Waals surface area contributed by atoms with Crippen LogP contribution in [0.2, 0.25) is 0 Å². The number of aromatic amines is 1. The molecule has 1 aromatic carbocycles. The van der Waals surface area contributed by atoms with Crippen molar-refractivity contribution in [2.24, 2.45) is 0 Å². The van der Waals surface area contributed by atoms with E-state index in [9.17, 15) is 4.39 Å². The van der Waals surface area contributed by atoms with E-state index in [1.807, 2.05) is 12.1 Å². The summed E-state index contributed by atoms with van der Waals surface area (Å²) in [6.45, 7) is 7.83. The molecule has 0 spiro atoms. The molecule has 2 aliphatic heterocycles. The highest BCUT2D eigenvalue weighted by Gasteiger charge is 2.22. The number of ether oxygens (including phenoxy) is 1. The van der Waals surface area contributed by atoms with E-state index in [4.69, 9.17) is 4.74 Å². The number of hydrogen-bond acceptors (Lipinski definition) is 6. The Morgan fingerprint density at radius 3 is 2.45 bits per heavy atom. The third kappa shape index (κ3) is 3.77. The van der Waals surface area contributed by atoms with Crippen LogP contribution >= 0.6 is 0 Å². The Morgan fingerprint density at radius 2 is 1.69 bits per heavy atom. The standard InChI is InChI=1S/C21H25FN6O/c22-17-1-3-18(4-2-17)27-7-5-26(6-8-27)14-16-13-23-20-19(16)21(25-15-24-20)28-9-11-29-12-10-28/h1-4,13,15H,5-12,14H2,(H,23,24,25). The second-order valence-corrected chi connectivity index (χ2v) is 7.57. The number of fused-ring (bicyclic) bond motifs is 1. The molecule has 5 rings (SSSR count). The number of rotatable bonds is 4. The van der Waals surface area contributed by atoms with Crippen LogP contribution in [0, 0.1) is 5.82 Å². The number of benzene rings is 1. The lowest BCUT2D eigenvalue weighted by molar-refractivity contribution is 0.122. The molecule has 152 valence electrons. The topological polar surface area (TPSA) is 60.5 Å². The van der Waals surface area contributed by atoms with Crippen molar-refractivity contribution in [1.82, 2.24) is 19.9 Å². The third-order valence-electron chi connectivity index (χ3n) is 5.80. The smallest absolute Gasteiger partial charge is 0.143 e. The third-order valence-corrected chi connectivity index (χ3v) is 5.80. The SMILES string of the molecule is Fc1ccc(N2CCN(Cc3c[nH]c4ncnc(N5CCOCC5)c34)CC2)cc1. The molecule has 4 heterocycles. The molecule has 0 bridgehead atoms. The zero-order chi connectivity index (χ0) is 19.6. The summed E-state index contributed by atoms with van der Waals surface area (Å²) in [6, 6.07) is 6.77. The molecule has 3 aromatic rings. The van der Waals surface area contributed by atoms with Crippen LogP contribution in [-0.4, -0.2) is 72.3 Å². The number of nitrogens with zero attached hydrogens (tertiary/aromatic N) is 5. The second-order valence-electron chi connectivity index (χ2n) is 7.57. The van der Waals surface area contributed by atoms with Crippen molar-refractivity contribution in [3.63, 3.8) is 0 Å². The first-order valence-corrected chi connectivity index (χ1v) is 10.1. The van der Waals surface area contributed by atoms with Crippen molar-refractivity contribution in [2.75, 3.05) is 62.3 Å². The Kier molecular flexibility index (Phi) is 5.03. The van der Waals surface area contributed by atoms with Gasteiger partial charge in [0.2, 0.25) is 0 Å². The highest BCUT2D eigenvalue weighted by Crippen LogP contribution is 2.28. The molecule has 2 saturated heterocycles. The van der Waals surface area contributed by atoms with Gasteiger partial charge in [0.05, 0.1) is 18.6 Å². The van der Waals surface area contributed by atoms with E-state index < -0.39 is 0 Å². The van der Waals surface area contributed by atoms with Gasteiger partial charge < -0.3 is 19.5 Å². The number of nitrogens with one attached hydrogen (secondary N) is 1. The van der Waals surface area contributed by atoms with E-state index in [1.165, 1.54) is 17.7 Å². The molecular weight excluding hydrogens is 371 g/mol. The molecule has 1 N–H and O–H groups in total. The number of hydrogen-bond donors (Lipinski definition) is 1. The fourth-order valence-electron chi connectivity index (χ4n) is 4.21. The molecule has 2 aromatic heterocycles. The average molecular weight is 396 g/mol. The average Bonchev–Trinajstić information content (AvgIpc) is 3.18. The van der Waals surface area contributed by atoms with Crippen molar-refractivity contribution < 1.29 is 9.13 Å². The molecule has 8 heteroatoms. The predicted molar refractivity (Wildman–Crippen MR) is 111 cm³/mol. The Morgan fingerprint density at radius 1 is 0.931 bits per heavy atom. The Hall–Kier alpha value is -2.71. The minimum Gasteiger partial charge on any atom is -0.378 e. The Balaban J connectivity index is 1.30. The van der Waals surface area contributed by atoms with Crippen molar-refractivity contribution in [2.45, 2.75) is 6.54 Å². The summed E-state index contributed by atoms with van der Waals surface area (Å²) in [5, 5.41) is 1.12. The van der Waals surface area contributed by atoms with E-state index in [0.29, 0.717) is 0 Å².